The Balaban J connectivity index is 2.00. The highest BCUT2D eigenvalue weighted by Crippen LogP contribution is 2.36. The zero-order chi connectivity index (χ0) is 14.3. The van der Waals surface area contributed by atoms with Gasteiger partial charge >= 0.3 is 0 Å². The number of nitrogens with one attached hydrogen (secondary N) is 1. The van der Waals surface area contributed by atoms with Crippen molar-refractivity contribution in [2.45, 2.75) is 38.6 Å². The molecule has 0 aromatic carbocycles. The van der Waals surface area contributed by atoms with Gasteiger partial charge in [0.1, 0.15) is 17.3 Å². The van der Waals surface area contributed by atoms with Crippen LogP contribution in [0, 0.1) is 5.92 Å². The molecule has 2 aliphatic rings. The van der Waals surface area contributed by atoms with E-state index in [9.17, 15) is 4.79 Å². The number of hydrogen-bond acceptors (Lipinski definition) is 4. The van der Waals surface area contributed by atoms with Crippen LogP contribution in [-0.2, 0) is 4.79 Å². The van der Waals surface area contributed by atoms with E-state index in [2.05, 4.69) is 34.0 Å². The Hall–Kier alpha value is -1.36. The van der Waals surface area contributed by atoms with Crippen LogP contribution in [0.25, 0.3) is 0 Å². The van der Waals surface area contributed by atoms with Crippen LogP contribution in [0.2, 0.25) is 5.15 Å². The van der Waals surface area contributed by atoms with E-state index >= 15 is 0 Å². The van der Waals surface area contributed by atoms with Crippen molar-refractivity contribution in [3.8, 4) is 0 Å². The molecule has 2 fully saturated rings. The Kier molecular flexibility index (Phi) is 3.54. The molecule has 2 saturated heterocycles. The first-order chi connectivity index (χ1) is 9.59. The average Bonchev–Trinajstić information content (AvgIpc) is 2.80. The Morgan fingerprint density at radius 1 is 1.45 bits per heavy atom. The number of aromatic nitrogens is 2. The summed E-state index contributed by atoms with van der Waals surface area (Å²) in [6.07, 6.45) is 3.48. The SMILES string of the molecule is CC(C)c1c(Cl)ncnc1N1CCCC2C(=O)NCC21. The molecule has 1 aromatic rings. The van der Waals surface area contributed by atoms with Crippen molar-refractivity contribution in [1.29, 1.82) is 0 Å². The van der Waals surface area contributed by atoms with Crippen LogP contribution in [0.15, 0.2) is 6.33 Å². The van der Waals surface area contributed by atoms with Crippen LogP contribution < -0.4 is 10.2 Å². The van der Waals surface area contributed by atoms with Crippen molar-refractivity contribution in [1.82, 2.24) is 15.3 Å². The van der Waals surface area contributed by atoms with Crippen LogP contribution in [0.3, 0.4) is 0 Å². The van der Waals surface area contributed by atoms with Gasteiger partial charge in [-0.15, -0.1) is 0 Å². The molecule has 0 bridgehead atoms. The number of rotatable bonds is 2. The fraction of sp³-hybridized carbons (Fsp3) is 0.643. The molecule has 5 nitrogen and oxygen atoms in total. The third kappa shape index (κ3) is 2.14. The van der Waals surface area contributed by atoms with E-state index in [0.29, 0.717) is 11.7 Å². The molecule has 108 valence electrons. The number of piperidine rings is 1. The lowest BCUT2D eigenvalue weighted by molar-refractivity contribution is -0.122. The largest absolute Gasteiger partial charge is 0.354 e. The molecule has 1 amide bonds. The molecule has 0 aliphatic carbocycles. The zero-order valence-electron chi connectivity index (χ0n) is 11.8. The lowest BCUT2D eigenvalue weighted by atomic mass is 9.90. The summed E-state index contributed by atoms with van der Waals surface area (Å²) in [7, 11) is 0. The van der Waals surface area contributed by atoms with Gasteiger partial charge in [0.05, 0.1) is 12.0 Å². The number of carbonyl (C=O) groups is 1. The third-order valence-corrected chi connectivity index (χ3v) is 4.57. The molecule has 1 aromatic heterocycles. The first kappa shape index (κ1) is 13.6. The van der Waals surface area contributed by atoms with E-state index in [1.807, 2.05) is 0 Å². The van der Waals surface area contributed by atoms with E-state index < -0.39 is 0 Å². The highest BCUT2D eigenvalue weighted by Gasteiger charge is 2.42. The topological polar surface area (TPSA) is 58.1 Å². The number of anilines is 1. The van der Waals surface area contributed by atoms with Crippen molar-refractivity contribution in [3.63, 3.8) is 0 Å². The second-order valence-corrected chi connectivity index (χ2v) is 6.17. The maximum absolute atomic E-state index is 11.9. The molecule has 2 unspecified atom stereocenters. The quantitative estimate of drug-likeness (QED) is 0.847. The maximum Gasteiger partial charge on any atom is 0.225 e. The summed E-state index contributed by atoms with van der Waals surface area (Å²) < 4.78 is 0. The first-order valence-electron chi connectivity index (χ1n) is 7.14. The van der Waals surface area contributed by atoms with Crippen molar-refractivity contribution >= 4 is 23.3 Å². The number of fused-ring (bicyclic) bond motifs is 1. The van der Waals surface area contributed by atoms with Gasteiger partial charge in [-0.1, -0.05) is 25.4 Å². The Labute approximate surface area is 123 Å². The van der Waals surface area contributed by atoms with Gasteiger partial charge in [-0.05, 0) is 18.8 Å². The third-order valence-electron chi connectivity index (χ3n) is 4.26. The molecule has 3 heterocycles. The van der Waals surface area contributed by atoms with E-state index in [0.717, 1.165) is 30.8 Å². The summed E-state index contributed by atoms with van der Waals surface area (Å²) in [5.74, 6) is 1.40. The Morgan fingerprint density at radius 3 is 3.00 bits per heavy atom. The van der Waals surface area contributed by atoms with Crippen molar-refractivity contribution < 1.29 is 4.79 Å². The van der Waals surface area contributed by atoms with E-state index in [1.54, 1.807) is 0 Å². The number of amides is 1. The van der Waals surface area contributed by atoms with E-state index in [1.165, 1.54) is 6.33 Å². The summed E-state index contributed by atoms with van der Waals surface area (Å²) in [6.45, 7) is 5.80. The molecule has 20 heavy (non-hydrogen) atoms. The Bertz CT molecular complexity index is 534. The highest BCUT2D eigenvalue weighted by molar-refractivity contribution is 6.30. The molecular weight excluding hydrogens is 276 g/mol. The number of halogens is 1. The maximum atomic E-state index is 11.9. The minimum absolute atomic E-state index is 0.0810. The van der Waals surface area contributed by atoms with Gasteiger partial charge in [0.15, 0.2) is 0 Å². The van der Waals surface area contributed by atoms with Gasteiger partial charge in [-0.25, -0.2) is 9.97 Å². The lowest BCUT2D eigenvalue weighted by Crippen LogP contribution is -2.46. The minimum Gasteiger partial charge on any atom is -0.354 e. The predicted molar refractivity (Wildman–Crippen MR) is 78.0 cm³/mol. The average molecular weight is 295 g/mol. The Morgan fingerprint density at radius 2 is 2.25 bits per heavy atom. The summed E-state index contributed by atoms with van der Waals surface area (Å²) in [5.41, 5.74) is 0.981. The monoisotopic (exact) mass is 294 g/mol. The molecule has 2 aliphatic heterocycles. The van der Waals surface area contributed by atoms with Gasteiger partial charge < -0.3 is 10.2 Å². The van der Waals surface area contributed by atoms with Crippen LogP contribution in [-0.4, -0.2) is 35.0 Å². The highest BCUT2D eigenvalue weighted by atomic mass is 35.5. The molecule has 1 N–H and O–H groups in total. The molecule has 3 rings (SSSR count). The first-order valence-corrected chi connectivity index (χ1v) is 7.52. The molecular formula is C14H19ClN4O. The fourth-order valence-electron chi connectivity index (χ4n) is 3.31. The molecule has 2 atom stereocenters. The molecule has 6 heteroatoms. The number of hydrogen-bond donors (Lipinski definition) is 1. The molecule has 0 spiro atoms. The standard InChI is InChI=1S/C14H19ClN4O/c1-8(2)11-12(15)17-7-18-13(11)19-5-3-4-9-10(19)6-16-14(9)20/h7-10H,3-6H2,1-2H3,(H,16,20). The summed E-state index contributed by atoms with van der Waals surface area (Å²) in [4.78, 5) is 22.7. The van der Waals surface area contributed by atoms with Crippen LogP contribution in [0.4, 0.5) is 5.82 Å². The summed E-state index contributed by atoms with van der Waals surface area (Å²) in [6, 6.07) is 0.194. The smallest absolute Gasteiger partial charge is 0.225 e. The fourth-order valence-corrected chi connectivity index (χ4v) is 3.65. The number of nitrogens with zero attached hydrogens (tertiary/aromatic N) is 3. The predicted octanol–water partition coefficient (Wildman–Crippen LogP) is 1.97. The van der Waals surface area contributed by atoms with Gasteiger partial charge in [0, 0.05) is 18.7 Å². The van der Waals surface area contributed by atoms with E-state index in [-0.39, 0.29) is 23.8 Å². The normalized spacial score (nSPS) is 25.8. The van der Waals surface area contributed by atoms with Gasteiger partial charge in [0.25, 0.3) is 0 Å². The van der Waals surface area contributed by atoms with Crippen LogP contribution in [0.5, 0.6) is 0 Å². The summed E-state index contributed by atoms with van der Waals surface area (Å²) >= 11 is 6.25. The van der Waals surface area contributed by atoms with Crippen molar-refractivity contribution in [2.24, 2.45) is 5.92 Å². The minimum atomic E-state index is 0.0810. The lowest BCUT2D eigenvalue weighted by Gasteiger charge is -2.38. The zero-order valence-corrected chi connectivity index (χ0v) is 12.5. The van der Waals surface area contributed by atoms with Crippen molar-refractivity contribution in [3.05, 3.63) is 17.0 Å². The second kappa shape index (κ2) is 5.20. The molecule has 0 radical (unpaired) electrons. The van der Waals surface area contributed by atoms with Crippen LogP contribution >= 0.6 is 11.6 Å². The van der Waals surface area contributed by atoms with Gasteiger partial charge in [0.2, 0.25) is 5.91 Å². The molecule has 0 saturated carbocycles. The number of carbonyl (C=O) groups excluding carboxylic acids is 1. The van der Waals surface area contributed by atoms with Crippen LogP contribution in [0.1, 0.15) is 38.2 Å². The van der Waals surface area contributed by atoms with Gasteiger partial charge in [-0.2, -0.15) is 0 Å². The summed E-state index contributed by atoms with van der Waals surface area (Å²) in [5, 5.41) is 3.49. The van der Waals surface area contributed by atoms with Crippen molar-refractivity contribution in [2.75, 3.05) is 18.0 Å². The van der Waals surface area contributed by atoms with E-state index in [4.69, 9.17) is 11.6 Å². The second-order valence-electron chi connectivity index (χ2n) is 5.81. The van der Waals surface area contributed by atoms with Gasteiger partial charge in [-0.3, -0.25) is 4.79 Å².